The minimum Gasteiger partial charge on any atom is -0.368 e. The number of hydrogen-bond acceptors (Lipinski definition) is 3. The van der Waals surface area contributed by atoms with Gasteiger partial charge < -0.3 is 15.1 Å². The largest absolute Gasteiger partial charge is 0.471 e. The van der Waals surface area contributed by atoms with Crippen LogP contribution in [0.4, 0.5) is 24.5 Å². The number of carbonyl (C=O) groups excluding carboxylic acids is 2. The lowest BCUT2D eigenvalue weighted by Crippen LogP contribution is -2.52. The number of benzene rings is 2. The monoisotopic (exact) mass is 503 g/mol. The Kier molecular flexibility index (Phi) is 6.11. The lowest BCUT2D eigenvalue weighted by atomic mass is 10.2. The predicted molar refractivity (Wildman–Crippen MR) is 108 cm³/mol. The second-order valence-electron chi connectivity index (χ2n) is 6.29. The molecule has 1 aliphatic heterocycles. The fourth-order valence-electron chi connectivity index (χ4n) is 2.94. The molecule has 148 valence electrons. The van der Waals surface area contributed by atoms with Gasteiger partial charge in [0.2, 0.25) is 0 Å². The van der Waals surface area contributed by atoms with Crippen molar-refractivity contribution in [3.63, 3.8) is 0 Å². The zero-order valence-electron chi connectivity index (χ0n) is 14.7. The molecule has 2 aromatic rings. The van der Waals surface area contributed by atoms with Crippen LogP contribution in [-0.2, 0) is 4.79 Å². The first-order chi connectivity index (χ1) is 13.2. The second-order valence-corrected chi connectivity index (χ2v) is 7.53. The number of piperazine rings is 1. The summed E-state index contributed by atoms with van der Waals surface area (Å²) in [6.07, 6.45) is -4.83. The Hall–Kier alpha value is -2.30. The minimum atomic E-state index is -4.83. The maximum atomic E-state index is 12.5. The van der Waals surface area contributed by atoms with Gasteiger partial charge in [-0.15, -0.1) is 0 Å². The highest BCUT2D eigenvalue weighted by Crippen LogP contribution is 2.23. The van der Waals surface area contributed by atoms with Gasteiger partial charge in [0, 0.05) is 46.7 Å². The molecule has 1 heterocycles. The van der Waals surface area contributed by atoms with E-state index in [0.29, 0.717) is 24.3 Å². The fourth-order valence-corrected chi connectivity index (χ4v) is 3.48. The highest BCUT2D eigenvalue weighted by Gasteiger charge is 2.43. The summed E-state index contributed by atoms with van der Waals surface area (Å²) in [5.41, 5.74) is 2.01. The Labute approximate surface area is 173 Å². The first kappa shape index (κ1) is 20.4. The standard InChI is InChI=1S/C19H17F3IN3O2/c20-19(21,22)18(28)26-10-8-25(9-11-26)16-6-4-15(5-7-16)24-17(27)13-2-1-3-14(23)12-13/h1-7,12H,8-11H2,(H,24,27). The van der Waals surface area contributed by atoms with E-state index >= 15 is 0 Å². The van der Waals surface area contributed by atoms with Gasteiger partial charge in [-0.25, -0.2) is 0 Å². The molecule has 1 saturated heterocycles. The van der Waals surface area contributed by atoms with E-state index in [0.717, 1.165) is 14.2 Å². The molecule has 0 bridgehead atoms. The molecule has 0 aliphatic carbocycles. The average molecular weight is 503 g/mol. The Morgan fingerprint density at radius 2 is 1.61 bits per heavy atom. The molecule has 0 atom stereocenters. The zero-order valence-corrected chi connectivity index (χ0v) is 16.8. The van der Waals surface area contributed by atoms with Crippen LogP contribution in [0, 0.1) is 3.57 Å². The molecule has 5 nitrogen and oxygen atoms in total. The van der Waals surface area contributed by atoms with Crippen molar-refractivity contribution in [1.29, 1.82) is 0 Å². The molecule has 0 spiro atoms. The lowest BCUT2D eigenvalue weighted by Gasteiger charge is -2.36. The lowest BCUT2D eigenvalue weighted by molar-refractivity contribution is -0.185. The maximum Gasteiger partial charge on any atom is 0.471 e. The zero-order chi connectivity index (χ0) is 20.3. The molecule has 0 unspecified atom stereocenters. The molecule has 1 N–H and O–H groups in total. The van der Waals surface area contributed by atoms with Crippen LogP contribution in [0.2, 0.25) is 0 Å². The molecule has 1 aliphatic rings. The molecular formula is C19H17F3IN3O2. The molecule has 0 saturated carbocycles. The van der Waals surface area contributed by atoms with Crippen LogP contribution in [0.5, 0.6) is 0 Å². The van der Waals surface area contributed by atoms with Gasteiger partial charge in [0.15, 0.2) is 0 Å². The quantitative estimate of drug-likeness (QED) is 0.650. The molecule has 9 heteroatoms. The van der Waals surface area contributed by atoms with Gasteiger partial charge in [-0.2, -0.15) is 13.2 Å². The van der Waals surface area contributed by atoms with Crippen LogP contribution in [0.1, 0.15) is 10.4 Å². The van der Waals surface area contributed by atoms with Gasteiger partial charge in [0.05, 0.1) is 0 Å². The van der Waals surface area contributed by atoms with Crippen molar-refractivity contribution in [3.05, 3.63) is 57.7 Å². The van der Waals surface area contributed by atoms with Gasteiger partial charge in [-0.05, 0) is 65.1 Å². The summed E-state index contributed by atoms with van der Waals surface area (Å²) in [5, 5.41) is 2.82. The maximum absolute atomic E-state index is 12.5. The van der Waals surface area contributed by atoms with E-state index in [1.165, 1.54) is 0 Å². The van der Waals surface area contributed by atoms with Gasteiger partial charge in [0.1, 0.15) is 0 Å². The molecule has 2 aromatic carbocycles. The topological polar surface area (TPSA) is 52.7 Å². The fraction of sp³-hybridized carbons (Fsp3) is 0.263. The third-order valence-electron chi connectivity index (χ3n) is 4.39. The number of hydrogen-bond donors (Lipinski definition) is 1. The Morgan fingerprint density at radius 1 is 0.964 bits per heavy atom. The van der Waals surface area contributed by atoms with Crippen molar-refractivity contribution in [2.24, 2.45) is 0 Å². The van der Waals surface area contributed by atoms with Crippen molar-refractivity contribution < 1.29 is 22.8 Å². The van der Waals surface area contributed by atoms with E-state index < -0.39 is 12.1 Å². The number of nitrogens with one attached hydrogen (secondary N) is 1. The summed E-state index contributed by atoms with van der Waals surface area (Å²) in [7, 11) is 0. The van der Waals surface area contributed by atoms with E-state index in [4.69, 9.17) is 0 Å². The van der Waals surface area contributed by atoms with Crippen LogP contribution in [0.25, 0.3) is 0 Å². The van der Waals surface area contributed by atoms with Crippen molar-refractivity contribution in [2.75, 3.05) is 36.4 Å². The van der Waals surface area contributed by atoms with Crippen molar-refractivity contribution >= 4 is 45.8 Å². The smallest absolute Gasteiger partial charge is 0.368 e. The molecule has 1 fully saturated rings. The number of halogens is 4. The van der Waals surface area contributed by atoms with Crippen LogP contribution in [-0.4, -0.2) is 49.1 Å². The van der Waals surface area contributed by atoms with Crippen LogP contribution in [0.3, 0.4) is 0 Å². The van der Waals surface area contributed by atoms with Crippen molar-refractivity contribution in [3.8, 4) is 0 Å². The van der Waals surface area contributed by atoms with E-state index in [2.05, 4.69) is 27.9 Å². The van der Waals surface area contributed by atoms with E-state index in [1.807, 2.05) is 17.0 Å². The Bertz CT molecular complexity index is 863. The highest BCUT2D eigenvalue weighted by molar-refractivity contribution is 14.1. The summed E-state index contributed by atoms with van der Waals surface area (Å²) < 4.78 is 38.5. The van der Waals surface area contributed by atoms with E-state index in [1.54, 1.807) is 36.4 Å². The molecule has 28 heavy (non-hydrogen) atoms. The SMILES string of the molecule is O=C(Nc1ccc(N2CCN(C(=O)C(F)(F)F)CC2)cc1)c1cccc(I)c1. The normalized spacial score (nSPS) is 14.7. The summed E-state index contributed by atoms with van der Waals surface area (Å²) >= 11 is 2.14. The molecule has 3 rings (SSSR count). The number of rotatable bonds is 3. The molecule has 2 amide bonds. The van der Waals surface area contributed by atoms with Crippen molar-refractivity contribution in [1.82, 2.24) is 4.90 Å². The average Bonchev–Trinajstić information content (AvgIpc) is 2.67. The molecule has 0 radical (unpaired) electrons. The first-order valence-corrected chi connectivity index (χ1v) is 9.60. The van der Waals surface area contributed by atoms with Crippen LogP contribution >= 0.6 is 22.6 Å². The summed E-state index contributed by atoms with van der Waals surface area (Å²) in [6, 6.07) is 14.3. The van der Waals surface area contributed by atoms with Gasteiger partial charge in [-0.1, -0.05) is 6.07 Å². The highest BCUT2D eigenvalue weighted by atomic mass is 127. The number of anilines is 2. The number of amides is 2. The molecular weight excluding hydrogens is 486 g/mol. The van der Waals surface area contributed by atoms with E-state index in [-0.39, 0.29) is 19.0 Å². The molecule has 0 aromatic heterocycles. The Morgan fingerprint density at radius 3 is 2.18 bits per heavy atom. The third kappa shape index (κ3) is 4.94. The second kappa shape index (κ2) is 8.38. The first-order valence-electron chi connectivity index (χ1n) is 8.52. The summed E-state index contributed by atoms with van der Waals surface area (Å²) in [4.78, 5) is 26.3. The van der Waals surface area contributed by atoms with Crippen LogP contribution in [0.15, 0.2) is 48.5 Å². The number of alkyl halides is 3. The third-order valence-corrected chi connectivity index (χ3v) is 5.06. The predicted octanol–water partition coefficient (Wildman–Crippen LogP) is 3.75. The van der Waals surface area contributed by atoms with Gasteiger partial charge in [0.25, 0.3) is 5.91 Å². The Balaban J connectivity index is 1.58. The van der Waals surface area contributed by atoms with E-state index in [9.17, 15) is 22.8 Å². The van der Waals surface area contributed by atoms with Crippen LogP contribution < -0.4 is 10.2 Å². The summed E-state index contributed by atoms with van der Waals surface area (Å²) in [6.45, 7) is 0.666. The van der Waals surface area contributed by atoms with Crippen molar-refractivity contribution in [2.45, 2.75) is 6.18 Å². The number of carbonyl (C=O) groups is 2. The van der Waals surface area contributed by atoms with Gasteiger partial charge >= 0.3 is 12.1 Å². The minimum absolute atomic E-state index is 0.0173. The summed E-state index contributed by atoms with van der Waals surface area (Å²) in [5.74, 6) is -2.01. The number of nitrogens with zero attached hydrogens (tertiary/aromatic N) is 2. The van der Waals surface area contributed by atoms with Gasteiger partial charge in [-0.3, -0.25) is 9.59 Å².